The number of carbonyl (C=O) groups is 1. The van der Waals surface area contributed by atoms with Gasteiger partial charge in [-0.05, 0) is 31.3 Å². The van der Waals surface area contributed by atoms with Gasteiger partial charge in [0.2, 0.25) is 5.91 Å². The van der Waals surface area contributed by atoms with Crippen LogP contribution < -0.4 is 20.9 Å². The van der Waals surface area contributed by atoms with Crippen LogP contribution in [0.3, 0.4) is 0 Å². The van der Waals surface area contributed by atoms with Gasteiger partial charge in [0, 0.05) is 6.66 Å². The van der Waals surface area contributed by atoms with Crippen LogP contribution in [0.2, 0.25) is 0 Å². The van der Waals surface area contributed by atoms with Gasteiger partial charge in [-0.1, -0.05) is 12.1 Å². The maximum atomic E-state index is 11.5. The monoisotopic (exact) mass is 378 g/mol. The summed E-state index contributed by atoms with van der Waals surface area (Å²) in [4.78, 5) is 24.9. The summed E-state index contributed by atoms with van der Waals surface area (Å²) >= 11 is 0. The predicted molar refractivity (Wildman–Crippen MR) is 98.2 cm³/mol. The first-order valence-electron chi connectivity index (χ1n) is 7.50. The van der Waals surface area contributed by atoms with Crippen molar-refractivity contribution in [1.29, 1.82) is 0 Å². The zero-order valence-corrected chi connectivity index (χ0v) is 15.1. The molecule has 0 aliphatic rings. The zero-order valence-electron chi connectivity index (χ0n) is 14.2. The molecule has 0 saturated carbocycles. The predicted octanol–water partition coefficient (Wildman–Crippen LogP) is 2.43. The number of carbonyl (C=O) groups excluding carboxylic acids is 1. The molecule has 2 rings (SSSR count). The number of rotatable bonds is 7. The molecule has 0 radical (unpaired) electrons. The molecule has 0 aliphatic carbocycles. The molecule has 0 saturated heterocycles. The maximum Gasteiger partial charge on any atom is 0.373 e. The lowest BCUT2D eigenvalue weighted by atomic mass is 10.3. The van der Waals surface area contributed by atoms with Gasteiger partial charge < -0.3 is 25.8 Å². The molecule has 138 valence electrons. The van der Waals surface area contributed by atoms with Gasteiger partial charge in [-0.3, -0.25) is 4.79 Å². The Labute approximate surface area is 150 Å². The summed E-state index contributed by atoms with van der Waals surface area (Å²) < 4.78 is 16.4. The van der Waals surface area contributed by atoms with E-state index in [1.54, 1.807) is 31.3 Å². The number of amides is 1. The first-order chi connectivity index (χ1) is 12.3. The first kappa shape index (κ1) is 19.5. The van der Waals surface area contributed by atoms with E-state index in [1.165, 1.54) is 12.1 Å². The fraction of sp³-hybridized carbons (Fsp3) is 0.200. The molecule has 1 unspecified atom stereocenters. The Morgan fingerprint density at radius 2 is 1.96 bits per heavy atom. The lowest BCUT2D eigenvalue weighted by molar-refractivity contribution is -0.115. The van der Waals surface area contributed by atoms with E-state index in [1.807, 2.05) is 0 Å². The number of likely N-dealkylation sites (N-methyl/N-ethyl adjacent to an activating group) is 1. The molecule has 1 heterocycles. The molecule has 1 aromatic heterocycles. The van der Waals surface area contributed by atoms with E-state index >= 15 is 0 Å². The van der Waals surface area contributed by atoms with Gasteiger partial charge >= 0.3 is 7.60 Å². The molecular formula is C15H19N6O4P. The van der Waals surface area contributed by atoms with Crippen LogP contribution in [0.15, 0.2) is 46.6 Å². The van der Waals surface area contributed by atoms with Gasteiger partial charge in [0.05, 0.1) is 6.54 Å². The van der Waals surface area contributed by atoms with E-state index in [-0.39, 0.29) is 41.2 Å². The molecule has 1 aromatic carbocycles. The fourth-order valence-corrected chi connectivity index (χ4v) is 2.40. The number of para-hydroxylation sites is 1. The second-order valence-electron chi connectivity index (χ2n) is 5.24. The number of nitrogens with one attached hydrogen (secondary N) is 2. The minimum Gasteiger partial charge on any atom is -0.422 e. The number of nitrogens with zero attached hydrogens (tertiary/aromatic N) is 3. The van der Waals surface area contributed by atoms with Crippen LogP contribution in [-0.2, 0) is 9.36 Å². The van der Waals surface area contributed by atoms with Crippen molar-refractivity contribution in [1.82, 2.24) is 10.3 Å². The summed E-state index contributed by atoms with van der Waals surface area (Å²) in [5.74, 6) is 0.218. The van der Waals surface area contributed by atoms with E-state index in [4.69, 9.17) is 10.3 Å². The summed E-state index contributed by atoms with van der Waals surface area (Å²) in [5, 5.41) is 13.3. The average Bonchev–Trinajstić information content (AvgIpc) is 2.54. The molecule has 0 fully saturated rings. The highest BCUT2D eigenvalue weighted by Gasteiger charge is 2.14. The smallest absolute Gasteiger partial charge is 0.373 e. The van der Waals surface area contributed by atoms with Crippen molar-refractivity contribution in [2.75, 3.05) is 31.3 Å². The van der Waals surface area contributed by atoms with Crippen molar-refractivity contribution in [3.63, 3.8) is 0 Å². The van der Waals surface area contributed by atoms with Crippen LogP contribution in [0, 0.1) is 0 Å². The van der Waals surface area contributed by atoms with E-state index in [0.29, 0.717) is 0 Å². The average molecular weight is 378 g/mol. The number of benzene rings is 1. The Balaban J connectivity index is 2.19. The second-order valence-corrected chi connectivity index (χ2v) is 7.03. The maximum absolute atomic E-state index is 11.5. The number of anilines is 2. The van der Waals surface area contributed by atoms with E-state index in [2.05, 4.69) is 25.8 Å². The van der Waals surface area contributed by atoms with Gasteiger partial charge in [-0.25, -0.2) is 9.55 Å². The molecule has 10 nitrogen and oxygen atoms in total. The molecule has 1 atom stereocenters. The number of pyridine rings is 1. The number of azo groups is 1. The number of nitrogen functional groups attached to an aromatic ring is 1. The summed E-state index contributed by atoms with van der Waals surface area (Å²) in [5.41, 5.74) is 6.36. The molecule has 0 spiro atoms. The Morgan fingerprint density at radius 1 is 1.27 bits per heavy atom. The number of nitrogens with two attached hydrogens (primary N) is 1. The Bertz CT molecular complexity index is 867. The summed E-state index contributed by atoms with van der Waals surface area (Å²) in [6.07, 6.45) is 0. The van der Waals surface area contributed by atoms with Crippen LogP contribution in [0.4, 0.5) is 23.0 Å². The molecule has 5 N–H and O–H groups in total. The summed E-state index contributed by atoms with van der Waals surface area (Å²) in [7, 11) is -2.08. The van der Waals surface area contributed by atoms with Crippen molar-refractivity contribution in [2.24, 2.45) is 10.2 Å². The minimum atomic E-state index is -3.73. The lowest BCUT2D eigenvalue weighted by Crippen LogP contribution is -2.25. The van der Waals surface area contributed by atoms with Crippen LogP contribution in [-0.4, -0.2) is 36.0 Å². The normalized spacial score (nSPS) is 13.3. The quantitative estimate of drug-likeness (QED) is 0.426. The largest absolute Gasteiger partial charge is 0.422 e. The van der Waals surface area contributed by atoms with Crippen molar-refractivity contribution in [3.8, 4) is 5.75 Å². The van der Waals surface area contributed by atoms with Crippen LogP contribution in [0.5, 0.6) is 5.75 Å². The van der Waals surface area contributed by atoms with Crippen LogP contribution in [0.25, 0.3) is 0 Å². The summed E-state index contributed by atoms with van der Waals surface area (Å²) in [6, 6.07) is 9.48. The molecule has 1 amide bonds. The zero-order chi connectivity index (χ0) is 19.2. The fourth-order valence-electron chi connectivity index (χ4n) is 1.88. The number of hydrogen-bond acceptors (Lipinski definition) is 8. The van der Waals surface area contributed by atoms with E-state index < -0.39 is 7.60 Å². The van der Waals surface area contributed by atoms with Crippen LogP contribution in [0.1, 0.15) is 0 Å². The van der Waals surface area contributed by atoms with E-state index in [9.17, 15) is 14.3 Å². The Kier molecular flexibility index (Phi) is 6.40. The molecule has 0 aliphatic heterocycles. The Hall–Kier alpha value is -2.81. The van der Waals surface area contributed by atoms with Crippen LogP contribution >= 0.6 is 7.60 Å². The second kappa shape index (κ2) is 8.52. The van der Waals surface area contributed by atoms with Crippen molar-refractivity contribution >= 4 is 36.5 Å². The molecule has 2 aromatic rings. The Morgan fingerprint density at radius 3 is 2.62 bits per heavy atom. The minimum absolute atomic E-state index is 0.0673. The van der Waals surface area contributed by atoms with Crippen molar-refractivity contribution in [2.45, 2.75) is 0 Å². The SMILES string of the molecule is CNCC(=O)Nc1ccc(N=Nc2ccccc2OP(C)(=O)O)c(N)n1. The third-order valence-corrected chi connectivity index (χ3v) is 3.44. The highest BCUT2D eigenvalue weighted by atomic mass is 31.2. The van der Waals surface area contributed by atoms with Gasteiger partial charge in [0.15, 0.2) is 11.6 Å². The molecule has 11 heteroatoms. The van der Waals surface area contributed by atoms with Gasteiger partial charge in [0.25, 0.3) is 0 Å². The number of hydrogen-bond donors (Lipinski definition) is 4. The molecule has 0 bridgehead atoms. The third kappa shape index (κ3) is 5.92. The van der Waals surface area contributed by atoms with Gasteiger partial charge in [-0.15, -0.1) is 10.2 Å². The highest BCUT2D eigenvalue weighted by molar-refractivity contribution is 7.52. The van der Waals surface area contributed by atoms with E-state index in [0.717, 1.165) is 6.66 Å². The molecular weight excluding hydrogens is 359 g/mol. The van der Waals surface area contributed by atoms with Crippen molar-refractivity contribution < 1.29 is 18.8 Å². The van der Waals surface area contributed by atoms with Gasteiger partial charge in [0.1, 0.15) is 17.2 Å². The summed E-state index contributed by atoms with van der Waals surface area (Å²) in [6.45, 7) is 1.22. The lowest BCUT2D eigenvalue weighted by Gasteiger charge is -2.10. The first-order valence-corrected chi connectivity index (χ1v) is 9.52. The topological polar surface area (TPSA) is 151 Å². The number of aromatic nitrogens is 1. The highest BCUT2D eigenvalue weighted by Crippen LogP contribution is 2.42. The van der Waals surface area contributed by atoms with Gasteiger partial charge in [-0.2, -0.15) is 0 Å². The standard InChI is InChI=1S/C15H19N6O4P/c1-17-9-14(22)18-13-8-7-11(15(16)19-13)21-20-10-5-3-4-6-12(10)25-26(2,23)24/h3-8,17H,9H2,1-2H3,(H,23,24)(H3,16,18,19,22). The van der Waals surface area contributed by atoms with Crippen molar-refractivity contribution in [3.05, 3.63) is 36.4 Å². The third-order valence-electron chi connectivity index (χ3n) is 2.91. The molecule has 26 heavy (non-hydrogen) atoms.